The number of ether oxygens (including phenoxy) is 1. The molecule has 5 nitrogen and oxygen atoms in total. The highest BCUT2D eigenvalue weighted by molar-refractivity contribution is 5.92. The van der Waals surface area contributed by atoms with Gasteiger partial charge in [-0.25, -0.2) is 0 Å². The van der Waals surface area contributed by atoms with Gasteiger partial charge in [-0.1, -0.05) is 0 Å². The fraction of sp³-hybridized carbons (Fsp3) is 0.571. The predicted octanol–water partition coefficient (Wildman–Crippen LogP) is 1.36. The van der Waals surface area contributed by atoms with E-state index in [1.54, 1.807) is 5.87 Å². The molecule has 0 aromatic rings. The van der Waals surface area contributed by atoms with Gasteiger partial charge in [-0.2, -0.15) is 13.8 Å². The molecule has 7 heteroatoms. The summed E-state index contributed by atoms with van der Waals surface area (Å²) >= 11 is 0. The van der Waals surface area contributed by atoms with Crippen LogP contribution in [0.3, 0.4) is 0 Å². The molecule has 74 valence electrons. The van der Waals surface area contributed by atoms with E-state index in [0.29, 0.717) is 6.61 Å². The van der Waals surface area contributed by atoms with Gasteiger partial charge in [-0.3, -0.25) is 5.41 Å². The third kappa shape index (κ3) is 1.73. The Bertz CT molecular complexity index is 366. The number of nitrogens with one attached hydrogen (secondary N) is 1. The van der Waals surface area contributed by atoms with Crippen molar-refractivity contribution >= 4 is 11.7 Å². The summed E-state index contributed by atoms with van der Waals surface area (Å²) in [5.41, 5.74) is 0. The Morgan fingerprint density at radius 1 is 1.57 bits per heavy atom. The minimum Gasteiger partial charge on any atom is -0.373 e. The van der Waals surface area contributed by atoms with E-state index in [2.05, 4.69) is 15.2 Å². The van der Waals surface area contributed by atoms with Crippen molar-refractivity contribution in [3.63, 3.8) is 0 Å². The number of nitrogens with zero attached hydrogens (tertiary/aromatic N) is 3. The number of epoxide rings is 1. The van der Waals surface area contributed by atoms with Crippen LogP contribution in [0.4, 0.5) is 8.78 Å². The molecular formula is C7H6F2N4O. The summed E-state index contributed by atoms with van der Waals surface area (Å²) in [6.07, 6.45) is -0.841. The first kappa shape index (κ1) is 9.11. The largest absolute Gasteiger partial charge is 0.373 e. The van der Waals surface area contributed by atoms with E-state index in [1.807, 2.05) is 0 Å². The van der Waals surface area contributed by atoms with Gasteiger partial charge in [-0.05, 0) is 0 Å². The molecule has 2 heterocycles. The van der Waals surface area contributed by atoms with E-state index in [0.717, 1.165) is 0 Å². The van der Waals surface area contributed by atoms with Crippen LogP contribution in [-0.2, 0) is 4.74 Å². The molecule has 0 aromatic carbocycles. The second-order valence-corrected chi connectivity index (χ2v) is 2.95. The molecule has 0 amide bonds. The summed E-state index contributed by atoms with van der Waals surface area (Å²) < 4.78 is 31.2. The second-order valence-electron chi connectivity index (χ2n) is 2.95. The summed E-state index contributed by atoms with van der Waals surface area (Å²) in [7, 11) is 0. The standard InChI is InChI=1S/C7H6F2N4O/c8-7(9,1-4-3-14-4)6-11-5(2-10)12-13-6/h4,10H,1,3H2. The minimum atomic E-state index is -3.14. The van der Waals surface area contributed by atoms with E-state index in [9.17, 15) is 8.78 Å². The third-order valence-electron chi connectivity index (χ3n) is 1.78. The maximum absolute atomic E-state index is 13.3. The van der Waals surface area contributed by atoms with Crippen molar-refractivity contribution < 1.29 is 13.5 Å². The Kier molecular flexibility index (Phi) is 1.98. The Morgan fingerprint density at radius 2 is 2.29 bits per heavy atom. The number of amidine groups is 1. The van der Waals surface area contributed by atoms with Crippen molar-refractivity contribution in [2.75, 3.05) is 6.61 Å². The molecule has 0 spiro atoms. The molecule has 14 heavy (non-hydrogen) atoms. The normalized spacial score (nSPS) is 24.9. The number of alkyl halides is 2. The van der Waals surface area contributed by atoms with Crippen LogP contribution in [0.1, 0.15) is 6.42 Å². The fourth-order valence-corrected chi connectivity index (χ4v) is 1.01. The Hall–Kier alpha value is -1.46. The monoisotopic (exact) mass is 200 g/mol. The highest BCUT2D eigenvalue weighted by Gasteiger charge is 2.44. The summed E-state index contributed by atoms with van der Waals surface area (Å²) in [6.45, 7) is 0.354. The summed E-state index contributed by atoms with van der Waals surface area (Å²) in [5.74, 6) is -2.24. The average Bonchev–Trinajstić information content (AvgIpc) is 2.81. The van der Waals surface area contributed by atoms with Crippen molar-refractivity contribution in [2.45, 2.75) is 18.4 Å². The van der Waals surface area contributed by atoms with Gasteiger partial charge in [-0.15, -0.1) is 10.2 Å². The summed E-state index contributed by atoms with van der Waals surface area (Å²) in [5, 5.41) is 13.1. The first-order chi connectivity index (χ1) is 6.62. The lowest BCUT2D eigenvalue weighted by atomic mass is 10.2. The smallest absolute Gasteiger partial charge is 0.311 e. The quantitative estimate of drug-likeness (QED) is 0.542. The van der Waals surface area contributed by atoms with E-state index in [-0.39, 0.29) is 5.82 Å². The van der Waals surface area contributed by atoms with Crippen molar-refractivity contribution in [1.82, 2.24) is 0 Å². The first-order valence-corrected chi connectivity index (χ1v) is 3.92. The van der Waals surface area contributed by atoms with Crippen LogP contribution in [0, 0.1) is 5.41 Å². The van der Waals surface area contributed by atoms with E-state index in [1.165, 1.54) is 0 Å². The molecule has 1 unspecified atom stereocenters. The molecule has 2 aliphatic heterocycles. The van der Waals surface area contributed by atoms with Crippen molar-refractivity contribution in [3.05, 3.63) is 5.82 Å². The van der Waals surface area contributed by atoms with Gasteiger partial charge in [0, 0.05) is 12.3 Å². The van der Waals surface area contributed by atoms with Crippen molar-refractivity contribution in [3.8, 4) is 0 Å². The van der Waals surface area contributed by atoms with E-state index < -0.39 is 24.3 Å². The predicted molar refractivity (Wildman–Crippen MR) is 42.8 cm³/mol. The number of halogens is 2. The van der Waals surface area contributed by atoms with Gasteiger partial charge in [0.05, 0.1) is 12.7 Å². The van der Waals surface area contributed by atoms with Gasteiger partial charge >= 0.3 is 5.92 Å². The summed E-state index contributed by atoms with van der Waals surface area (Å²) in [4.78, 5) is 3.35. The van der Waals surface area contributed by atoms with Crippen LogP contribution in [0.2, 0.25) is 0 Å². The molecule has 1 fully saturated rings. The molecule has 0 bridgehead atoms. The van der Waals surface area contributed by atoms with Crippen LogP contribution in [0.5, 0.6) is 0 Å². The molecular weight excluding hydrogens is 194 g/mol. The minimum absolute atomic E-state index is 0.226. The molecule has 2 aliphatic rings. The zero-order valence-corrected chi connectivity index (χ0v) is 7.00. The lowest BCUT2D eigenvalue weighted by Crippen LogP contribution is -2.28. The fourth-order valence-electron chi connectivity index (χ4n) is 1.01. The SMILES string of the molecule is N=C=C1N=NC(C(F)(F)CC2CO2)=N1. The highest BCUT2D eigenvalue weighted by atomic mass is 19.3. The molecule has 2 rings (SSSR count). The Labute approximate surface area is 77.7 Å². The van der Waals surface area contributed by atoms with Crippen LogP contribution in [-0.4, -0.2) is 30.3 Å². The zero-order chi connectivity index (χ0) is 10.2. The molecule has 1 atom stereocenters. The van der Waals surface area contributed by atoms with Gasteiger partial charge in [0.2, 0.25) is 11.7 Å². The van der Waals surface area contributed by atoms with Crippen LogP contribution >= 0.6 is 0 Å². The maximum Gasteiger partial charge on any atom is 0.311 e. The van der Waals surface area contributed by atoms with Crippen molar-refractivity contribution in [2.24, 2.45) is 15.2 Å². The number of aliphatic imine (C=N–C) groups is 1. The maximum atomic E-state index is 13.3. The summed E-state index contributed by atoms with van der Waals surface area (Å²) in [6, 6.07) is 0. The molecule has 1 N–H and O–H groups in total. The number of azo groups is 1. The van der Waals surface area contributed by atoms with E-state index in [4.69, 9.17) is 10.1 Å². The van der Waals surface area contributed by atoms with Crippen LogP contribution < -0.4 is 0 Å². The molecule has 0 saturated carbocycles. The first-order valence-electron chi connectivity index (χ1n) is 3.92. The van der Waals surface area contributed by atoms with Gasteiger partial charge in [0.15, 0.2) is 0 Å². The third-order valence-corrected chi connectivity index (χ3v) is 1.78. The molecule has 0 aromatic heterocycles. The number of hydrogen-bond acceptors (Lipinski definition) is 5. The number of hydrogen-bond donors (Lipinski definition) is 1. The lowest BCUT2D eigenvalue weighted by molar-refractivity contribution is 0.0580. The van der Waals surface area contributed by atoms with Gasteiger partial charge < -0.3 is 4.74 Å². The van der Waals surface area contributed by atoms with Gasteiger partial charge in [0.1, 0.15) is 0 Å². The molecule has 0 radical (unpaired) electrons. The second kappa shape index (κ2) is 3.04. The number of rotatable bonds is 3. The Balaban J connectivity index is 2.13. The van der Waals surface area contributed by atoms with E-state index >= 15 is 0 Å². The van der Waals surface area contributed by atoms with Crippen LogP contribution in [0.25, 0.3) is 0 Å². The zero-order valence-electron chi connectivity index (χ0n) is 7.00. The Morgan fingerprint density at radius 3 is 2.79 bits per heavy atom. The van der Waals surface area contributed by atoms with Crippen LogP contribution in [0.15, 0.2) is 21.0 Å². The van der Waals surface area contributed by atoms with Crippen molar-refractivity contribution in [1.29, 1.82) is 5.41 Å². The average molecular weight is 200 g/mol. The molecule has 0 aliphatic carbocycles. The highest BCUT2D eigenvalue weighted by Crippen LogP contribution is 2.31. The topological polar surface area (TPSA) is 73.5 Å². The lowest BCUT2D eigenvalue weighted by Gasteiger charge is -2.10. The molecule has 1 saturated heterocycles. The van der Waals surface area contributed by atoms with Gasteiger partial charge in [0.25, 0.3) is 0 Å².